The van der Waals surface area contributed by atoms with E-state index >= 15 is 0 Å². The molecular weight excluding hydrogens is 450 g/mol. The van der Waals surface area contributed by atoms with Crippen molar-refractivity contribution in [2.45, 2.75) is 0 Å². The summed E-state index contributed by atoms with van der Waals surface area (Å²) in [7, 11) is 0. The maximum absolute atomic E-state index is 6.35. The standard InChI is InChI=1S/C31H20ClN3/c32-31-34-29(24-18-16-22(17-19-24)21-8-2-1-3-9-21)33-30(35-31)26-13-6-12-25(20-26)28-15-7-11-23-10-4-5-14-27(23)28/h1-20H. The van der Waals surface area contributed by atoms with Crippen LogP contribution in [0.2, 0.25) is 5.28 Å². The number of benzene rings is 5. The average Bonchev–Trinajstić information content (AvgIpc) is 2.93. The molecule has 35 heavy (non-hydrogen) atoms. The van der Waals surface area contributed by atoms with Gasteiger partial charge < -0.3 is 0 Å². The lowest BCUT2D eigenvalue weighted by Gasteiger charge is -2.10. The average molecular weight is 470 g/mol. The number of nitrogens with zero attached hydrogens (tertiary/aromatic N) is 3. The first kappa shape index (κ1) is 21.2. The zero-order chi connectivity index (χ0) is 23.6. The van der Waals surface area contributed by atoms with E-state index in [9.17, 15) is 0 Å². The van der Waals surface area contributed by atoms with Gasteiger partial charge in [-0.2, -0.15) is 9.97 Å². The van der Waals surface area contributed by atoms with Crippen molar-refractivity contribution in [2.24, 2.45) is 0 Å². The molecule has 4 heteroatoms. The van der Waals surface area contributed by atoms with Gasteiger partial charge in [-0.25, -0.2) is 4.98 Å². The van der Waals surface area contributed by atoms with Crippen LogP contribution >= 0.6 is 11.6 Å². The zero-order valence-corrected chi connectivity index (χ0v) is 19.5. The molecule has 0 atom stereocenters. The monoisotopic (exact) mass is 469 g/mol. The quantitative estimate of drug-likeness (QED) is 0.260. The van der Waals surface area contributed by atoms with E-state index in [-0.39, 0.29) is 5.28 Å². The van der Waals surface area contributed by atoms with Crippen molar-refractivity contribution in [2.75, 3.05) is 0 Å². The van der Waals surface area contributed by atoms with Gasteiger partial charge in [0.05, 0.1) is 0 Å². The Morgan fingerprint density at radius 1 is 0.429 bits per heavy atom. The van der Waals surface area contributed by atoms with Gasteiger partial charge in [0.2, 0.25) is 5.28 Å². The van der Waals surface area contributed by atoms with E-state index in [1.807, 2.05) is 42.5 Å². The molecule has 0 aliphatic heterocycles. The van der Waals surface area contributed by atoms with Crippen LogP contribution in [0, 0.1) is 0 Å². The molecule has 0 radical (unpaired) electrons. The van der Waals surface area contributed by atoms with E-state index < -0.39 is 0 Å². The molecule has 0 saturated heterocycles. The van der Waals surface area contributed by atoms with Crippen molar-refractivity contribution < 1.29 is 0 Å². The summed E-state index contributed by atoms with van der Waals surface area (Å²) in [5.74, 6) is 1.10. The molecular formula is C31H20ClN3. The Hall–Kier alpha value is -4.34. The number of hydrogen-bond donors (Lipinski definition) is 0. The minimum atomic E-state index is 0.174. The Morgan fingerprint density at radius 3 is 1.83 bits per heavy atom. The molecule has 0 unspecified atom stereocenters. The molecule has 0 N–H and O–H groups in total. The van der Waals surface area contributed by atoms with Crippen LogP contribution in [0.4, 0.5) is 0 Å². The predicted octanol–water partition coefficient (Wildman–Crippen LogP) is 8.35. The first-order chi connectivity index (χ1) is 17.2. The van der Waals surface area contributed by atoms with Crippen molar-refractivity contribution in [3.05, 3.63) is 127 Å². The molecule has 0 bridgehead atoms. The largest absolute Gasteiger partial charge is 0.226 e. The molecule has 0 aliphatic rings. The van der Waals surface area contributed by atoms with Gasteiger partial charge in [-0.3, -0.25) is 0 Å². The molecule has 5 aromatic carbocycles. The van der Waals surface area contributed by atoms with Gasteiger partial charge in [-0.1, -0.05) is 115 Å². The van der Waals surface area contributed by atoms with Gasteiger partial charge in [0.25, 0.3) is 0 Å². The molecule has 6 aromatic rings. The highest BCUT2D eigenvalue weighted by atomic mass is 35.5. The fraction of sp³-hybridized carbons (Fsp3) is 0. The molecule has 1 heterocycles. The van der Waals surface area contributed by atoms with E-state index in [0.717, 1.165) is 22.3 Å². The summed E-state index contributed by atoms with van der Waals surface area (Å²) in [5, 5.41) is 2.59. The number of aromatic nitrogens is 3. The van der Waals surface area contributed by atoms with Crippen LogP contribution in [0.5, 0.6) is 0 Å². The number of halogens is 1. The number of fused-ring (bicyclic) bond motifs is 1. The fourth-order valence-electron chi connectivity index (χ4n) is 4.35. The minimum absolute atomic E-state index is 0.174. The molecule has 0 amide bonds. The van der Waals surface area contributed by atoms with Crippen molar-refractivity contribution in [1.82, 2.24) is 15.0 Å². The van der Waals surface area contributed by atoms with E-state index in [0.29, 0.717) is 11.6 Å². The van der Waals surface area contributed by atoms with Gasteiger partial charge in [-0.15, -0.1) is 0 Å². The summed E-state index contributed by atoms with van der Waals surface area (Å²) in [6.07, 6.45) is 0. The number of rotatable bonds is 4. The van der Waals surface area contributed by atoms with Crippen LogP contribution in [0.1, 0.15) is 0 Å². The van der Waals surface area contributed by atoms with Crippen molar-refractivity contribution in [3.63, 3.8) is 0 Å². The highest BCUT2D eigenvalue weighted by molar-refractivity contribution is 6.28. The summed E-state index contributed by atoms with van der Waals surface area (Å²) >= 11 is 6.35. The van der Waals surface area contributed by atoms with Crippen LogP contribution in [0.25, 0.3) is 55.8 Å². The smallest absolute Gasteiger partial charge is 0.208 e. The Labute approximate surface area is 208 Å². The predicted molar refractivity (Wildman–Crippen MR) is 144 cm³/mol. The Kier molecular flexibility index (Phi) is 5.53. The molecule has 0 spiro atoms. The first-order valence-corrected chi connectivity index (χ1v) is 11.8. The number of hydrogen-bond acceptors (Lipinski definition) is 3. The van der Waals surface area contributed by atoms with Crippen LogP contribution in [0.3, 0.4) is 0 Å². The molecule has 0 saturated carbocycles. The second kappa shape index (κ2) is 9.13. The van der Waals surface area contributed by atoms with Gasteiger partial charge >= 0.3 is 0 Å². The van der Waals surface area contributed by atoms with Crippen LogP contribution in [-0.4, -0.2) is 15.0 Å². The third-order valence-corrected chi connectivity index (χ3v) is 6.25. The van der Waals surface area contributed by atoms with Gasteiger partial charge in [0, 0.05) is 11.1 Å². The molecule has 1 aromatic heterocycles. The summed E-state index contributed by atoms with van der Waals surface area (Å²) in [4.78, 5) is 13.6. The topological polar surface area (TPSA) is 38.7 Å². The first-order valence-electron chi connectivity index (χ1n) is 11.4. The Bertz CT molecular complexity index is 1640. The zero-order valence-electron chi connectivity index (χ0n) is 18.8. The van der Waals surface area contributed by atoms with Gasteiger partial charge in [0.15, 0.2) is 11.6 Å². The lowest BCUT2D eigenvalue weighted by molar-refractivity contribution is 1.07. The summed E-state index contributed by atoms with van der Waals surface area (Å²) < 4.78 is 0. The molecule has 0 aliphatic carbocycles. The highest BCUT2D eigenvalue weighted by Gasteiger charge is 2.12. The third-order valence-electron chi connectivity index (χ3n) is 6.08. The second-order valence-electron chi connectivity index (χ2n) is 8.30. The molecule has 166 valence electrons. The van der Waals surface area contributed by atoms with Gasteiger partial charge in [-0.05, 0) is 50.7 Å². The normalized spacial score (nSPS) is 11.0. The van der Waals surface area contributed by atoms with Crippen molar-refractivity contribution >= 4 is 22.4 Å². The molecule has 3 nitrogen and oxygen atoms in total. The van der Waals surface area contributed by atoms with Crippen LogP contribution < -0.4 is 0 Å². The molecule has 6 rings (SSSR count). The third kappa shape index (κ3) is 4.30. The summed E-state index contributed by atoms with van der Waals surface area (Å²) in [5.41, 5.74) is 6.35. The SMILES string of the molecule is Clc1nc(-c2ccc(-c3ccccc3)cc2)nc(-c2cccc(-c3cccc4ccccc34)c2)n1. The summed E-state index contributed by atoms with van der Waals surface area (Å²) in [6.45, 7) is 0. The van der Waals surface area contributed by atoms with Crippen molar-refractivity contribution in [3.8, 4) is 45.0 Å². The molecule has 0 fully saturated rings. The lowest BCUT2D eigenvalue weighted by atomic mass is 9.97. The highest BCUT2D eigenvalue weighted by Crippen LogP contribution is 2.31. The minimum Gasteiger partial charge on any atom is -0.208 e. The van der Waals surface area contributed by atoms with E-state index in [1.54, 1.807) is 0 Å². The van der Waals surface area contributed by atoms with Crippen LogP contribution in [0.15, 0.2) is 121 Å². The van der Waals surface area contributed by atoms with E-state index in [2.05, 4.69) is 88.8 Å². The van der Waals surface area contributed by atoms with Crippen LogP contribution in [-0.2, 0) is 0 Å². The van der Waals surface area contributed by atoms with Gasteiger partial charge in [0.1, 0.15) is 0 Å². The Morgan fingerprint density at radius 2 is 1.00 bits per heavy atom. The lowest BCUT2D eigenvalue weighted by Crippen LogP contribution is -1.97. The van der Waals surface area contributed by atoms with Crippen molar-refractivity contribution in [1.29, 1.82) is 0 Å². The maximum Gasteiger partial charge on any atom is 0.226 e. The van der Waals surface area contributed by atoms with E-state index in [1.165, 1.54) is 21.9 Å². The second-order valence-corrected chi connectivity index (χ2v) is 8.64. The maximum atomic E-state index is 6.35. The summed E-state index contributed by atoms with van der Waals surface area (Å²) in [6, 6.07) is 41.5. The Balaban J connectivity index is 1.38. The van der Waals surface area contributed by atoms with E-state index in [4.69, 9.17) is 16.6 Å². The fourth-order valence-corrected chi connectivity index (χ4v) is 4.51.